The van der Waals surface area contributed by atoms with Gasteiger partial charge >= 0.3 is 5.97 Å². The molecule has 38 heavy (non-hydrogen) atoms. The van der Waals surface area contributed by atoms with E-state index in [0.29, 0.717) is 6.42 Å². The quantitative estimate of drug-likeness (QED) is 0.201. The number of ether oxygens (including phenoxy) is 3. The lowest BCUT2D eigenvalue weighted by molar-refractivity contribution is -0.159. The minimum Gasteiger partial charge on any atom is -0.464 e. The highest BCUT2D eigenvalue weighted by Gasteiger charge is 2.26. The van der Waals surface area contributed by atoms with Crippen LogP contribution in [0, 0.1) is 0 Å². The molecular weight excluding hydrogens is 513 g/mol. The molecule has 0 fully saturated rings. The Kier molecular flexibility index (Phi) is 9.22. The fourth-order valence-electron chi connectivity index (χ4n) is 4.03. The van der Waals surface area contributed by atoms with E-state index in [1.54, 1.807) is 6.92 Å². The number of carbonyl (C=O) groups excluding carboxylic acids is 1. The van der Waals surface area contributed by atoms with Crippen LogP contribution in [0.15, 0.2) is 60.9 Å². The number of fused-ring (bicyclic) bond motifs is 1. The molecule has 0 aliphatic carbocycles. The molecule has 2 aromatic heterocycles. The van der Waals surface area contributed by atoms with Gasteiger partial charge in [-0.1, -0.05) is 54.6 Å². The van der Waals surface area contributed by atoms with E-state index in [1.807, 2.05) is 54.6 Å². The number of nitrogen functional groups attached to an aromatic ring is 1. The average molecular weight is 542 g/mol. The third-order valence-electron chi connectivity index (χ3n) is 6.03. The molecule has 0 spiro atoms. The van der Waals surface area contributed by atoms with E-state index in [9.17, 15) is 4.79 Å². The fourth-order valence-corrected chi connectivity index (χ4v) is 4.20. The van der Waals surface area contributed by atoms with E-state index < -0.39 is 24.5 Å². The highest BCUT2D eigenvalue weighted by atomic mass is 35.5. The van der Waals surface area contributed by atoms with Crippen molar-refractivity contribution in [3.8, 4) is 11.1 Å². The molecule has 2 N–H and O–H groups in total. The van der Waals surface area contributed by atoms with Crippen molar-refractivity contribution in [2.24, 2.45) is 0 Å². The van der Waals surface area contributed by atoms with Gasteiger partial charge in [0, 0.05) is 20.0 Å². The van der Waals surface area contributed by atoms with Crippen molar-refractivity contribution in [1.29, 1.82) is 0 Å². The number of benzene rings is 2. The van der Waals surface area contributed by atoms with Crippen molar-refractivity contribution >= 4 is 34.6 Å². The molecule has 0 amide bonds. The molecule has 0 saturated carbocycles. The van der Waals surface area contributed by atoms with Crippen molar-refractivity contribution < 1.29 is 23.4 Å². The zero-order valence-corrected chi connectivity index (χ0v) is 21.8. The SMILES string of the molecule is CCOC(=O)C(Cc1ccc(-c2ccccc2)cc1)OCC(CC(F)n1cnc2c(N)nc(Cl)nc21)OC. The number of hydrogen-bond acceptors (Lipinski definition) is 8. The zero-order chi connectivity index (χ0) is 27.1. The smallest absolute Gasteiger partial charge is 0.335 e. The van der Waals surface area contributed by atoms with Gasteiger partial charge < -0.3 is 19.9 Å². The second-order valence-corrected chi connectivity index (χ2v) is 8.91. The summed E-state index contributed by atoms with van der Waals surface area (Å²) >= 11 is 5.88. The van der Waals surface area contributed by atoms with Gasteiger partial charge in [0.15, 0.2) is 23.9 Å². The van der Waals surface area contributed by atoms with Gasteiger partial charge in [-0.25, -0.2) is 14.2 Å². The van der Waals surface area contributed by atoms with Crippen LogP contribution in [-0.4, -0.2) is 58.0 Å². The topological polar surface area (TPSA) is 114 Å². The molecule has 3 atom stereocenters. The number of imidazole rings is 1. The largest absolute Gasteiger partial charge is 0.464 e. The van der Waals surface area contributed by atoms with Crippen LogP contribution in [0.2, 0.25) is 5.28 Å². The van der Waals surface area contributed by atoms with Gasteiger partial charge in [0.25, 0.3) is 0 Å². The first-order valence-corrected chi connectivity index (χ1v) is 12.5. The number of nitrogens with two attached hydrogens (primary N) is 1. The molecule has 0 aliphatic rings. The van der Waals surface area contributed by atoms with E-state index >= 15 is 4.39 Å². The van der Waals surface area contributed by atoms with Crippen LogP contribution in [0.5, 0.6) is 0 Å². The summed E-state index contributed by atoms with van der Waals surface area (Å²) in [6.45, 7) is 1.91. The lowest BCUT2D eigenvalue weighted by Gasteiger charge is -2.22. The maximum absolute atomic E-state index is 15.3. The van der Waals surface area contributed by atoms with Crippen LogP contribution >= 0.6 is 11.6 Å². The maximum Gasteiger partial charge on any atom is 0.335 e. The Labute approximate surface area is 224 Å². The number of nitrogens with zero attached hydrogens (tertiary/aromatic N) is 4. The number of halogens is 2. The summed E-state index contributed by atoms with van der Waals surface area (Å²) in [5.41, 5.74) is 9.31. The van der Waals surface area contributed by atoms with E-state index in [-0.39, 0.29) is 41.9 Å². The zero-order valence-electron chi connectivity index (χ0n) is 21.1. The van der Waals surface area contributed by atoms with E-state index in [4.69, 9.17) is 31.5 Å². The first kappa shape index (κ1) is 27.4. The van der Waals surface area contributed by atoms with Crippen LogP contribution in [0.25, 0.3) is 22.3 Å². The summed E-state index contributed by atoms with van der Waals surface area (Å²) in [5, 5.41) is -0.107. The average Bonchev–Trinajstić information content (AvgIpc) is 3.35. The Morgan fingerprint density at radius 1 is 1.11 bits per heavy atom. The van der Waals surface area contributed by atoms with Gasteiger partial charge in [0.2, 0.25) is 5.28 Å². The van der Waals surface area contributed by atoms with Gasteiger partial charge in [0.05, 0.1) is 25.6 Å². The summed E-state index contributed by atoms with van der Waals surface area (Å²) in [4.78, 5) is 24.6. The summed E-state index contributed by atoms with van der Waals surface area (Å²) in [7, 11) is 1.45. The molecule has 0 saturated heterocycles. The van der Waals surface area contributed by atoms with Crippen LogP contribution in [0.1, 0.15) is 25.2 Å². The first-order chi connectivity index (χ1) is 18.4. The van der Waals surface area contributed by atoms with Crippen LogP contribution in [-0.2, 0) is 25.4 Å². The Bertz CT molecular complexity index is 1350. The predicted octanol–water partition coefficient (Wildman–Crippen LogP) is 4.79. The highest BCUT2D eigenvalue weighted by molar-refractivity contribution is 6.28. The number of aromatic nitrogens is 4. The number of methoxy groups -OCH3 is 1. The number of alkyl halides is 1. The number of rotatable bonds is 12. The van der Waals surface area contributed by atoms with E-state index in [1.165, 1.54) is 18.0 Å². The van der Waals surface area contributed by atoms with Crippen LogP contribution in [0.3, 0.4) is 0 Å². The normalized spacial score (nSPS) is 13.8. The van der Waals surface area contributed by atoms with E-state index in [2.05, 4.69) is 15.0 Å². The molecule has 4 rings (SSSR count). The minimum atomic E-state index is -1.56. The lowest BCUT2D eigenvalue weighted by Crippen LogP contribution is -2.33. The Morgan fingerprint density at radius 2 is 1.82 bits per heavy atom. The summed E-state index contributed by atoms with van der Waals surface area (Å²) in [6, 6.07) is 17.9. The molecule has 9 nitrogen and oxygen atoms in total. The lowest BCUT2D eigenvalue weighted by atomic mass is 10.0. The third-order valence-corrected chi connectivity index (χ3v) is 6.20. The number of esters is 1. The third kappa shape index (κ3) is 6.63. The number of anilines is 1. The standard InChI is InChI=1S/C27H29ClFN5O4/c1-3-37-26(35)21(13-17-9-11-19(12-10-17)18-7-5-4-6-8-18)38-15-20(36-2)14-22(29)34-16-31-23-24(30)32-27(28)33-25(23)34/h4-12,16,20-22H,3,13-15H2,1-2H3,(H2,30,32,33). The van der Waals surface area contributed by atoms with Crippen molar-refractivity contribution in [1.82, 2.24) is 19.5 Å². The van der Waals surface area contributed by atoms with Gasteiger partial charge in [-0.05, 0) is 35.2 Å². The van der Waals surface area contributed by atoms with Crippen molar-refractivity contribution in [2.75, 3.05) is 26.1 Å². The van der Waals surface area contributed by atoms with Crippen LogP contribution < -0.4 is 5.73 Å². The molecule has 0 radical (unpaired) electrons. The monoisotopic (exact) mass is 541 g/mol. The van der Waals surface area contributed by atoms with Gasteiger partial charge in [0.1, 0.15) is 5.52 Å². The van der Waals surface area contributed by atoms with Crippen LogP contribution in [0.4, 0.5) is 10.2 Å². The molecule has 2 aromatic carbocycles. The Balaban J connectivity index is 1.42. The molecular formula is C27H29ClFN5O4. The van der Waals surface area contributed by atoms with Crippen molar-refractivity contribution in [2.45, 2.75) is 38.3 Å². The number of hydrogen-bond donors (Lipinski definition) is 1. The van der Waals surface area contributed by atoms with Gasteiger partial charge in [-0.15, -0.1) is 0 Å². The molecule has 3 unspecified atom stereocenters. The summed E-state index contributed by atoms with van der Waals surface area (Å²) < 4.78 is 33.1. The second kappa shape index (κ2) is 12.8. The molecule has 0 aliphatic heterocycles. The first-order valence-electron chi connectivity index (χ1n) is 12.1. The predicted molar refractivity (Wildman–Crippen MR) is 142 cm³/mol. The Hall–Kier alpha value is -3.60. The number of carbonyl (C=O) groups is 1. The molecule has 200 valence electrons. The maximum atomic E-state index is 15.3. The Morgan fingerprint density at radius 3 is 2.50 bits per heavy atom. The van der Waals surface area contributed by atoms with Gasteiger partial charge in [-0.3, -0.25) is 4.57 Å². The van der Waals surface area contributed by atoms with Crippen molar-refractivity contribution in [3.63, 3.8) is 0 Å². The summed E-state index contributed by atoms with van der Waals surface area (Å²) in [5.74, 6) is -0.430. The molecule has 2 heterocycles. The molecule has 11 heteroatoms. The second-order valence-electron chi connectivity index (χ2n) is 8.57. The molecule has 4 aromatic rings. The van der Waals surface area contributed by atoms with Crippen molar-refractivity contribution in [3.05, 3.63) is 71.8 Å². The highest BCUT2D eigenvalue weighted by Crippen LogP contribution is 2.26. The van der Waals surface area contributed by atoms with Gasteiger partial charge in [-0.2, -0.15) is 9.97 Å². The molecule has 0 bridgehead atoms. The summed E-state index contributed by atoms with van der Waals surface area (Å²) in [6.07, 6.45) is -1.63. The minimum absolute atomic E-state index is 0.0347. The van der Waals surface area contributed by atoms with E-state index in [0.717, 1.165) is 16.7 Å². The fraction of sp³-hybridized carbons (Fsp3) is 0.333.